The molecule has 5 atom stereocenters. The average Bonchev–Trinajstić information content (AvgIpc) is 2.21. The number of thiocarbonyl (C=S) groups is 1. The maximum atomic E-state index is 9.58. The maximum absolute atomic E-state index is 9.58. The second-order valence-electron chi connectivity index (χ2n) is 3.13. The third-order valence-corrected chi connectivity index (χ3v) is 2.24. The van der Waals surface area contributed by atoms with E-state index in [2.05, 4.69) is 17.2 Å². The molecule has 0 aromatic rings. The summed E-state index contributed by atoms with van der Waals surface area (Å²) in [4.78, 5) is 3.15. The van der Waals surface area contributed by atoms with E-state index in [1.165, 1.54) is 0 Å². The molecule has 1 aliphatic heterocycles. The molecule has 1 aliphatic rings. The summed E-state index contributed by atoms with van der Waals surface area (Å²) in [5.41, 5.74) is 0. The SMILES string of the molecule is OC[C@H]1OC(O)(N=C=S)[C@H](O)[C@@H](O)[C@@H]1O. The zero-order valence-corrected chi connectivity index (χ0v) is 8.33. The molecule has 0 aromatic carbocycles. The first-order chi connectivity index (χ1) is 6.96. The minimum Gasteiger partial charge on any atom is -0.394 e. The summed E-state index contributed by atoms with van der Waals surface area (Å²) in [5.74, 6) is -2.49. The summed E-state index contributed by atoms with van der Waals surface area (Å²) in [7, 11) is 0. The molecule has 1 heterocycles. The lowest BCUT2D eigenvalue weighted by molar-refractivity contribution is -0.345. The summed E-state index contributed by atoms with van der Waals surface area (Å²) in [5, 5.41) is 48.2. The molecule has 0 aliphatic carbocycles. The summed E-state index contributed by atoms with van der Waals surface area (Å²) < 4.78 is 4.71. The molecule has 0 saturated carbocycles. The number of hydrogen-bond acceptors (Lipinski definition) is 8. The van der Waals surface area contributed by atoms with Crippen LogP contribution in [-0.4, -0.2) is 67.6 Å². The number of hydrogen-bond donors (Lipinski definition) is 5. The molecule has 1 fully saturated rings. The molecule has 0 radical (unpaired) electrons. The molecule has 0 aromatic heterocycles. The third kappa shape index (κ3) is 2.22. The first kappa shape index (κ1) is 12.6. The molecule has 5 N–H and O–H groups in total. The molecule has 1 saturated heterocycles. The van der Waals surface area contributed by atoms with E-state index < -0.39 is 36.9 Å². The molecular weight excluding hydrogens is 226 g/mol. The van der Waals surface area contributed by atoms with E-state index in [0.717, 1.165) is 0 Å². The molecule has 7 nitrogen and oxygen atoms in total. The summed E-state index contributed by atoms with van der Waals surface area (Å²) in [6, 6.07) is 0. The van der Waals surface area contributed by atoms with Gasteiger partial charge in [-0.15, -0.1) is 0 Å². The van der Waals surface area contributed by atoms with Gasteiger partial charge < -0.3 is 30.3 Å². The maximum Gasteiger partial charge on any atom is 0.305 e. The zero-order valence-electron chi connectivity index (χ0n) is 7.52. The minimum absolute atomic E-state index is 0.653. The normalized spacial score (nSPS) is 45.9. The number of aliphatic imine (C=N–C) groups is 1. The smallest absolute Gasteiger partial charge is 0.305 e. The molecule has 86 valence electrons. The molecular formula is C7H11NO6S. The van der Waals surface area contributed by atoms with Crippen molar-refractivity contribution in [3.8, 4) is 0 Å². The predicted octanol–water partition coefficient (Wildman–Crippen LogP) is -2.79. The Bertz CT molecular complexity index is 281. The standard InChI is InChI=1S/C7H11NO6S/c9-1-3-4(10)5(11)6(12)7(13,14-3)8-2-15/h3-6,9-13H,1H2/t3-,4-,5+,6-,7?/m1/s1. The lowest BCUT2D eigenvalue weighted by Gasteiger charge is -2.42. The van der Waals surface area contributed by atoms with Crippen LogP contribution in [0.1, 0.15) is 0 Å². The Kier molecular flexibility index (Phi) is 3.87. The minimum atomic E-state index is -2.49. The van der Waals surface area contributed by atoms with Gasteiger partial charge >= 0.3 is 5.91 Å². The van der Waals surface area contributed by atoms with E-state index >= 15 is 0 Å². The summed E-state index contributed by atoms with van der Waals surface area (Å²) in [6.45, 7) is -0.653. The highest BCUT2D eigenvalue weighted by Gasteiger charge is 2.53. The lowest BCUT2D eigenvalue weighted by atomic mass is 9.97. The number of aliphatic hydroxyl groups is 5. The van der Waals surface area contributed by atoms with Crippen LogP contribution >= 0.6 is 12.2 Å². The van der Waals surface area contributed by atoms with Crippen LogP contribution < -0.4 is 0 Å². The highest BCUT2D eigenvalue weighted by atomic mass is 32.1. The van der Waals surface area contributed by atoms with Crippen molar-refractivity contribution in [1.82, 2.24) is 0 Å². The van der Waals surface area contributed by atoms with Crippen LogP contribution in [0.2, 0.25) is 0 Å². The molecule has 8 heteroatoms. The van der Waals surface area contributed by atoms with Crippen LogP contribution in [0.4, 0.5) is 0 Å². The second-order valence-corrected chi connectivity index (χ2v) is 3.31. The Morgan fingerprint density at radius 2 is 1.93 bits per heavy atom. The molecule has 1 unspecified atom stereocenters. The van der Waals surface area contributed by atoms with Crippen molar-refractivity contribution in [3.05, 3.63) is 0 Å². The Morgan fingerprint density at radius 1 is 1.33 bits per heavy atom. The summed E-state index contributed by atoms with van der Waals surface area (Å²) >= 11 is 4.23. The Hall–Kier alpha value is -0.440. The Labute approximate surface area is 90.3 Å². The number of isothiocyanates is 1. The van der Waals surface area contributed by atoms with Crippen LogP contribution in [0.15, 0.2) is 4.99 Å². The zero-order chi connectivity index (χ0) is 11.6. The van der Waals surface area contributed by atoms with Crippen LogP contribution in [0.25, 0.3) is 0 Å². The first-order valence-corrected chi connectivity index (χ1v) is 4.51. The molecule has 0 bridgehead atoms. The highest BCUT2D eigenvalue weighted by Crippen LogP contribution is 2.28. The summed E-state index contributed by atoms with van der Waals surface area (Å²) in [6.07, 6.45) is -6.36. The fraction of sp³-hybridized carbons (Fsp3) is 0.857. The van der Waals surface area contributed by atoms with Crippen molar-refractivity contribution < 1.29 is 30.3 Å². The average molecular weight is 237 g/mol. The largest absolute Gasteiger partial charge is 0.394 e. The van der Waals surface area contributed by atoms with E-state index in [1.807, 2.05) is 0 Å². The van der Waals surface area contributed by atoms with Crippen molar-refractivity contribution >= 4 is 17.4 Å². The van der Waals surface area contributed by atoms with Crippen molar-refractivity contribution in [2.45, 2.75) is 30.3 Å². The fourth-order valence-corrected chi connectivity index (χ4v) is 1.43. The molecule has 0 amide bonds. The predicted molar refractivity (Wildman–Crippen MR) is 50.0 cm³/mol. The first-order valence-electron chi connectivity index (χ1n) is 4.10. The van der Waals surface area contributed by atoms with Gasteiger partial charge in [-0.05, 0) is 12.2 Å². The Morgan fingerprint density at radius 3 is 2.40 bits per heavy atom. The van der Waals surface area contributed by atoms with E-state index in [4.69, 9.17) is 9.84 Å². The van der Waals surface area contributed by atoms with Crippen molar-refractivity contribution in [2.24, 2.45) is 4.99 Å². The topological polar surface area (TPSA) is 123 Å². The van der Waals surface area contributed by atoms with Gasteiger partial charge in [0.2, 0.25) is 0 Å². The van der Waals surface area contributed by atoms with Gasteiger partial charge in [0, 0.05) is 0 Å². The number of ether oxygens (including phenoxy) is 1. The number of nitrogens with zero attached hydrogens (tertiary/aromatic N) is 1. The van der Waals surface area contributed by atoms with Gasteiger partial charge in [0.15, 0.2) is 6.10 Å². The quantitative estimate of drug-likeness (QED) is 0.260. The van der Waals surface area contributed by atoms with E-state index in [0.29, 0.717) is 0 Å². The Balaban J connectivity index is 2.97. The number of aliphatic hydroxyl groups excluding tert-OH is 4. The van der Waals surface area contributed by atoms with E-state index in [1.54, 1.807) is 5.16 Å². The van der Waals surface area contributed by atoms with Gasteiger partial charge in [0.05, 0.1) is 11.8 Å². The fourth-order valence-electron chi connectivity index (χ4n) is 1.29. The van der Waals surface area contributed by atoms with Crippen molar-refractivity contribution in [1.29, 1.82) is 0 Å². The van der Waals surface area contributed by atoms with Gasteiger partial charge in [-0.3, -0.25) is 0 Å². The van der Waals surface area contributed by atoms with Gasteiger partial charge in [0.25, 0.3) is 0 Å². The number of rotatable bonds is 2. The van der Waals surface area contributed by atoms with Crippen LogP contribution in [0.5, 0.6) is 0 Å². The van der Waals surface area contributed by atoms with Gasteiger partial charge in [0.1, 0.15) is 18.3 Å². The molecule has 1 rings (SSSR count). The van der Waals surface area contributed by atoms with Gasteiger partial charge in [-0.1, -0.05) is 0 Å². The van der Waals surface area contributed by atoms with Crippen LogP contribution in [0, 0.1) is 0 Å². The van der Waals surface area contributed by atoms with Crippen LogP contribution in [0.3, 0.4) is 0 Å². The molecule has 0 spiro atoms. The molecule has 15 heavy (non-hydrogen) atoms. The second kappa shape index (κ2) is 4.60. The highest BCUT2D eigenvalue weighted by molar-refractivity contribution is 7.78. The monoisotopic (exact) mass is 237 g/mol. The van der Waals surface area contributed by atoms with Crippen LogP contribution in [-0.2, 0) is 4.74 Å². The third-order valence-electron chi connectivity index (χ3n) is 2.15. The van der Waals surface area contributed by atoms with E-state index in [-0.39, 0.29) is 0 Å². The van der Waals surface area contributed by atoms with Gasteiger partial charge in [-0.2, -0.15) is 4.99 Å². The van der Waals surface area contributed by atoms with Crippen molar-refractivity contribution in [3.63, 3.8) is 0 Å². The lowest BCUT2D eigenvalue weighted by Crippen LogP contribution is -2.64. The van der Waals surface area contributed by atoms with E-state index in [9.17, 15) is 20.4 Å². The van der Waals surface area contributed by atoms with Gasteiger partial charge in [-0.25, -0.2) is 0 Å². The van der Waals surface area contributed by atoms with Crippen molar-refractivity contribution in [2.75, 3.05) is 6.61 Å².